The molecule has 42 heavy (non-hydrogen) atoms. The number of nitrogens with zero attached hydrogens (tertiary/aromatic N) is 2. The molecule has 1 unspecified atom stereocenters. The first kappa shape index (κ1) is 30.0. The molecule has 1 aliphatic carbocycles. The highest BCUT2D eigenvalue weighted by Gasteiger charge is 2.33. The molecule has 3 amide bonds. The van der Waals surface area contributed by atoms with Crippen molar-refractivity contribution < 1.29 is 31.9 Å². The molecule has 7 nitrogen and oxygen atoms in total. The minimum absolute atomic E-state index is 0.0736. The van der Waals surface area contributed by atoms with E-state index in [4.69, 9.17) is 0 Å². The third-order valence-electron chi connectivity index (χ3n) is 8.75. The largest absolute Gasteiger partial charge is 0.416 e. The van der Waals surface area contributed by atoms with E-state index >= 15 is 0 Å². The Bertz CT molecular complexity index is 1300. The van der Waals surface area contributed by atoms with Crippen LogP contribution in [-0.2, 0) is 11.0 Å². The lowest BCUT2D eigenvalue weighted by atomic mass is 9.81. The predicted molar refractivity (Wildman–Crippen MR) is 148 cm³/mol. The van der Waals surface area contributed by atoms with Crippen molar-refractivity contribution in [2.45, 2.75) is 69.1 Å². The van der Waals surface area contributed by atoms with Gasteiger partial charge < -0.3 is 15.5 Å². The van der Waals surface area contributed by atoms with E-state index in [1.807, 2.05) is 6.07 Å². The summed E-state index contributed by atoms with van der Waals surface area (Å²) in [6.07, 6.45) is 1.87. The zero-order chi connectivity index (χ0) is 29.9. The fraction of sp³-hybridized carbons (Fsp3) is 0.516. The number of amides is 3. The molecule has 1 atom stereocenters. The molecular formula is C31H36F4N4O3. The van der Waals surface area contributed by atoms with Gasteiger partial charge in [0.2, 0.25) is 5.91 Å². The Morgan fingerprint density at radius 3 is 2.33 bits per heavy atom. The van der Waals surface area contributed by atoms with Crippen LogP contribution in [-0.4, -0.2) is 72.3 Å². The number of likely N-dealkylation sites (tertiary alicyclic amines) is 2. The van der Waals surface area contributed by atoms with Gasteiger partial charge in [0.25, 0.3) is 11.8 Å². The highest BCUT2D eigenvalue weighted by molar-refractivity contribution is 5.96. The van der Waals surface area contributed by atoms with Gasteiger partial charge in [-0.15, -0.1) is 0 Å². The lowest BCUT2D eigenvalue weighted by Gasteiger charge is -2.35. The summed E-state index contributed by atoms with van der Waals surface area (Å²) in [5, 5.41) is 5.31. The van der Waals surface area contributed by atoms with E-state index in [1.54, 1.807) is 11.0 Å². The molecule has 5 rings (SSSR count). The van der Waals surface area contributed by atoms with Crippen molar-refractivity contribution in [3.8, 4) is 0 Å². The van der Waals surface area contributed by atoms with E-state index in [9.17, 15) is 31.9 Å². The first-order valence-electron chi connectivity index (χ1n) is 14.7. The number of hydrogen-bond acceptors (Lipinski definition) is 4. The Hall–Kier alpha value is -3.47. The van der Waals surface area contributed by atoms with Gasteiger partial charge >= 0.3 is 6.18 Å². The van der Waals surface area contributed by atoms with Gasteiger partial charge in [-0.25, -0.2) is 4.39 Å². The summed E-state index contributed by atoms with van der Waals surface area (Å²) in [4.78, 5) is 41.4. The number of hydrogen-bond donors (Lipinski definition) is 2. The van der Waals surface area contributed by atoms with Crippen LogP contribution in [0.15, 0.2) is 42.5 Å². The molecule has 2 saturated heterocycles. The summed E-state index contributed by atoms with van der Waals surface area (Å²) in [5.74, 6) is -1.57. The highest BCUT2D eigenvalue weighted by Crippen LogP contribution is 2.36. The molecule has 2 aromatic carbocycles. The van der Waals surface area contributed by atoms with Crippen molar-refractivity contribution in [3.05, 3.63) is 70.5 Å². The summed E-state index contributed by atoms with van der Waals surface area (Å²) in [6.45, 7) is 2.56. The molecule has 0 spiro atoms. The Kier molecular flexibility index (Phi) is 9.15. The maximum absolute atomic E-state index is 14.9. The maximum Gasteiger partial charge on any atom is 0.416 e. The van der Waals surface area contributed by atoms with Crippen LogP contribution in [0.2, 0.25) is 0 Å². The second-order valence-corrected chi connectivity index (χ2v) is 11.6. The minimum Gasteiger partial charge on any atom is -0.350 e. The van der Waals surface area contributed by atoms with Gasteiger partial charge in [-0.1, -0.05) is 12.1 Å². The fourth-order valence-corrected chi connectivity index (χ4v) is 6.44. The smallest absolute Gasteiger partial charge is 0.350 e. The number of benzene rings is 2. The number of halogens is 4. The van der Waals surface area contributed by atoms with Gasteiger partial charge in [0, 0.05) is 43.8 Å². The van der Waals surface area contributed by atoms with E-state index in [0.717, 1.165) is 75.3 Å². The van der Waals surface area contributed by atoms with Gasteiger partial charge in [0.05, 0.1) is 17.7 Å². The standard InChI is InChI=1S/C31H36F4N4O3/c32-27-17-21(8-11-26(27)30(42)38-13-1-2-14-38)20-6-9-25(10-7-20)39-15-12-24(19-39)37-28(40)18-36-29(41)22-4-3-5-23(16-22)31(33,34)35/h3-5,8,11,16-17,20,24-25H,1-2,6-7,9-10,12-15,18-19H2,(H,36,41)(H,37,40). The quantitative estimate of drug-likeness (QED) is 0.459. The van der Waals surface area contributed by atoms with Crippen LogP contribution in [0.5, 0.6) is 0 Å². The molecule has 3 fully saturated rings. The summed E-state index contributed by atoms with van der Waals surface area (Å²) >= 11 is 0. The van der Waals surface area contributed by atoms with Gasteiger partial charge in [0.15, 0.2) is 0 Å². The molecule has 11 heteroatoms. The van der Waals surface area contributed by atoms with Crippen LogP contribution in [0.1, 0.15) is 82.7 Å². The fourth-order valence-electron chi connectivity index (χ4n) is 6.44. The van der Waals surface area contributed by atoms with Gasteiger partial charge in [-0.05, 0) is 86.8 Å². The SMILES string of the molecule is O=C(CNC(=O)c1cccc(C(F)(F)F)c1)NC1CCN(C2CCC(c3ccc(C(=O)N4CCCC4)c(F)c3)CC2)C1. The van der Waals surface area contributed by atoms with Crippen molar-refractivity contribution in [3.63, 3.8) is 0 Å². The summed E-state index contributed by atoms with van der Waals surface area (Å²) in [5.41, 5.74) is 0.000978. The number of rotatable bonds is 7. The van der Waals surface area contributed by atoms with Crippen molar-refractivity contribution in [1.29, 1.82) is 0 Å². The normalized spacial score (nSPS) is 23.1. The number of alkyl halides is 3. The maximum atomic E-state index is 14.9. The first-order valence-corrected chi connectivity index (χ1v) is 14.7. The van der Waals surface area contributed by atoms with E-state index in [2.05, 4.69) is 15.5 Å². The van der Waals surface area contributed by atoms with Crippen LogP contribution in [0.3, 0.4) is 0 Å². The van der Waals surface area contributed by atoms with Gasteiger partial charge in [0.1, 0.15) is 5.82 Å². The van der Waals surface area contributed by atoms with Crippen LogP contribution in [0, 0.1) is 5.82 Å². The Morgan fingerprint density at radius 1 is 0.905 bits per heavy atom. The number of carbonyl (C=O) groups is 3. The highest BCUT2D eigenvalue weighted by atomic mass is 19.4. The average molecular weight is 589 g/mol. The second kappa shape index (κ2) is 12.8. The zero-order valence-electron chi connectivity index (χ0n) is 23.4. The van der Waals surface area contributed by atoms with Crippen LogP contribution < -0.4 is 10.6 Å². The van der Waals surface area contributed by atoms with E-state index < -0.39 is 23.5 Å². The lowest BCUT2D eigenvalue weighted by molar-refractivity contribution is -0.137. The van der Waals surface area contributed by atoms with Crippen molar-refractivity contribution in [2.24, 2.45) is 0 Å². The van der Waals surface area contributed by atoms with E-state index in [1.165, 1.54) is 12.1 Å². The number of nitrogens with one attached hydrogen (secondary N) is 2. The molecule has 3 aliphatic rings. The van der Waals surface area contributed by atoms with Crippen LogP contribution in [0.25, 0.3) is 0 Å². The third kappa shape index (κ3) is 7.11. The number of carbonyl (C=O) groups excluding carboxylic acids is 3. The molecule has 2 aliphatic heterocycles. The second-order valence-electron chi connectivity index (χ2n) is 11.6. The molecular weight excluding hydrogens is 552 g/mol. The lowest BCUT2D eigenvalue weighted by Crippen LogP contribution is -2.44. The Morgan fingerprint density at radius 2 is 1.64 bits per heavy atom. The first-order chi connectivity index (χ1) is 20.1. The van der Waals surface area contributed by atoms with Crippen molar-refractivity contribution in [1.82, 2.24) is 20.4 Å². The Balaban J connectivity index is 1.05. The molecule has 0 aromatic heterocycles. The minimum atomic E-state index is -4.56. The van der Waals surface area contributed by atoms with Crippen molar-refractivity contribution in [2.75, 3.05) is 32.7 Å². The third-order valence-corrected chi connectivity index (χ3v) is 8.75. The molecule has 0 bridgehead atoms. The topological polar surface area (TPSA) is 81.8 Å². The molecule has 1 saturated carbocycles. The molecule has 2 heterocycles. The van der Waals surface area contributed by atoms with Gasteiger partial charge in [-0.3, -0.25) is 19.3 Å². The monoisotopic (exact) mass is 588 g/mol. The molecule has 2 N–H and O–H groups in total. The van der Waals surface area contributed by atoms with Crippen molar-refractivity contribution >= 4 is 17.7 Å². The molecule has 226 valence electrons. The zero-order valence-corrected chi connectivity index (χ0v) is 23.4. The molecule has 2 aromatic rings. The van der Waals surface area contributed by atoms with Crippen LogP contribution >= 0.6 is 0 Å². The van der Waals surface area contributed by atoms with Gasteiger partial charge in [-0.2, -0.15) is 13.2 Å². The van der Waals surface area contributed by atoms with E-state index in [-0.39, 0.29) is 41.4 Å². The average Bonchev–Trinajstić information content (AvgIpc) is 3.68. The Labute approximate surface area is 242 Å². The van der Waals surface area contributed by atoms with Crippen LogP contribution in [0.4, 0.5) is 17.6 Å². The van der Waals surface area contributed by atoms with E-state index in [0.29, 0.717) is 25.7 Å². The summed E-state index contributed by atoms with van der Waals surface area (Å²) in [6, 6.07) is 9.43. The summed E-state index contributed by atoms with van der Waals surface area (Å²) in [7, 11) is 0. The predicted octanol–water partition coefficient (Wildman–Crippen LogP) is 4.73. The molecule has 0 radical (unpaired) electrons. The summed E-state index contributed by atoms with van der Waals surface area (Å²) < 4.78 is 53.6.